The van der Waals surface area contributed by atoms with Crippen LogP contribution in [0.15, 0.2) is 21.1 Å². The van der Waals surface area contributed by atoms with Crippen LogP contribution >= 0.6 is 44.3 Å². The summed E-state index contributed by atoms with van der Waals surface area (Å²) in [6.07, 6.45) is -2.84. The highest BCUT2D eigenvalue weighted by Gasteiger charge is 2.15. The van der Waals surface area contributed by atoms with E-state index < -0.39 is 18.9 Å². The van der Waals surface area contributed by atoms with E-state index >= 15 is 0 Å². The summed E-state index contributed by atoms with van der Waals surface area (Å²) in [5, 5.41) is 9.41. The molecule has 0 fully saturated rings. The number of aromatic hydroxyl groups is 1. The van der Waals surface area contributed by atoms with Gasteiger partial charge in [0.2, 0.25) is 6.43 Å². The van der Waals surface area contributed by atoms with Gasteiger partial charge in [-0.2, -0.15) is 0 Å². The lowest BCUT2D eigenvalue weighted by Crippen LogP contribution is -2.14. The smallest absolute Gasteiger partial charge is 0.240 e. The maximum Gasteiger partial charge on any atom is 0.240 e. The Morgan fingerprint density at radius 3 is 2.06 bits per heavy atom. The van der Waals surface area contributed by atoms with E-state index in [9.17, 15) is 13.9 Å². The standard InChI is InChI=1S/C9H9Br2F2NO.ClH/c10-5-1-4(2-6(11)9(5)15)7(14)3-8(12)13;/h1-2,7-8,15H,3,14H2;1H/t7-;/m0./s1. The molecule has 0 amide bonds. The van der Waals surface area contributed by atoms with Crippen molar-refractivity contribution >= 4 is 44.3 Å². The minimum atomic E-state index is -2.44. The van der Waals surface area contributed by atoms with Gasteiger partial charge in [-0.25, -0.2) is 8.78 Å². The number of phenols is 1. The third-order valence-electron chi connectivity index (χ3n) is 1.90. The van der Waals surface area contributed by atoms with Crippen molar-refractivity contribution in [3.8, 4) is 5.75 Å². The quantitative estimate of drug-likeness (QED) is 0.832. The molecule has 3 N–H and O–H groups in total. The topological polar surface area (TPSA) is 46.2 Å². The Bertz CT molecular complexity index is 342. The molecule has 0 spiro atoms. The number of alkyl halides is 2. The Hall–Kier alpha value is 0.0900. The zero-order valence-electron chi connectivity index (χ0n) is 7.96. The highest BCUT2D eigenvalue weighted by molar-refractivity contribution is 9.11. The zero-order valence-corrected chi connectivity index (χ0v) is 11.9. The first-order valence-electron chi connectivity index (χ1n) is 4.13. The second-order valence-electron chi connectivity index (χ2n) is 3.07. The molecular weight excluding hydrogens is 371 g/mol. The second kappa shape index (κ2) is 6.74. The van der Waals surface area contributed by atoms with Gasteiger partial charge in [0.15, 0.2) is 0 Å². The highest BCUT2D eigenvalue weighted by atomic mass is 79.9. The lowest BCUT2D eigenvalue weighted by molar-refractivity contribution is 0.128. The summed E-state index contributed by atoms with van der Waals surface area (Å²) in [4.78, 5) is 0. The molecule has 2 nitrogen and oxygen atoms in total. The van der Waals surface area contributed by atoms with E-state index in [1.807, 2.05) is 0 Å². The minimum absolute atomic E-state index is 0. The van der Waals surface area contributed by atoms with Crippen LogP contribution in [0.3, 0.4) is 0 Å². The van der Waals surface area contributed by atoms with Crippen LogP contribution in [0.2, 0.25) is 0 Å². The molecule has 1 aromatic carbocycles. The van der Waals surface area contributed by atoms with Crippen LogP contribution in [0.25, 0.3) is 0 Å². The third kappa shape index (κ3) is 4.16. The number of hydrogen-bond donors (Lipinski definition) is 2. The van der Waals surface area contributed by atoms with Gasteiger partial charge in [-0.15, -0.1) is 12.4 Å². The van der Waals surface area contributed by atoms with Gasteiger partial charge in [-0.3, -0.25) is 0 Å². The Balaban J connectivity index is 0.00000225. The Labute approximate surface area is 115 Å². The van der Waals surface area contributed by atoms with Crippen molar-refractivity contribution in [3.05, 3.63) is 26.6 Å². The molecule has 1 atom stereocenters. The monoisotopic (exact) mass is 379 g/mol. The van der Waals surface area contributed by atoms with Crippen molar-refractivity contribution < 1.29 is 13.9 Å². The van der Waals surface area contributed by atoms with E-state index in [2.05, 4.69) is 31.9 Å². The van der Waals surface area contributed by atoms with Gasteiger partial charge in [-0.1, -0.05) is 0 Å². The van der Waals surface area contributed by atoms with E-state index in [4.69, 9.17) is 5.73 Å². The number of hydrogen-bond acceptors (Lipinski definition) is 2. The van der Waals surface area contributed by atoms with Crippen molar-refractivity contribution in [1.29, 1.82) is 0 Å². The fourth-order valence-electron chi connectivity index (χ4n) is 1.13. The summed E-state index contributed by atoms with van der Waals surface area (Å²) in [5.41, 5.74) is 6.13. The third-order valence-corrected chi connectivity index (χ3v) is 3.11. The molecule has 92 valence electrons. The molecule has 1 rings (SSSR count). The Morgan fingerprint density at radius 2 is 1.69 bits per heavy atom. The van der Waals surface area contributed by atoms with Crippen molar-refractivity contribution in [2.75, 3.05) is 0 Å². The zero-order chi connectivity index (χ0) is 11.6. The first kappa shape index (κ1) is 16.1. The molecule has 0 radical (unpaired) electrons. The van der Waals surface area contributed by atoms with Crippen LogP contribution in [-0.2, 0) is 0 Å². The Kier molecular flexibility index (Phi) is 6.77. The molecule has 0 saturated carbocycles. The normalized spacial score (nSPS) is 12.4. The molecule has 1 aromatic rings. The van der Waals surface area contributed by atoms with Gasteiger partial charge < -0.3 is 10.8 Å². The largest absolute Gasteiger partial charge is 0.506 e. The summed E-state index contributed by atoms with van der Waals surface area (Å²) in [7, 11) is 0. The predicted octanol–water partition coefficient (Wildman–Crippen LogP) is 3.99. The van der Waals surface area contributed by atoms with Crippen molar-refractivity contribution in [1.82, 2.24) is 0 Å². The number of rotatable bonds is 3. The average Bonchev–Trinajstić information content (AvgIpc) is 2.12. The maximum absolute atomic E-state index is 12.1. The molecule has 0 heterocycles. The molecule has 0 aromatic heterocycles. The number of benzene rings is 1. The van der Waals surface area contributed by atoms with Gasteiger partial charge in [-0.05, 0) is 49.6 Å². The van der Waals surface area contributed by atoms with Crippen molar-refractivity contribution in [2.24, 2.45) is 5.73 Å². The summed E-state index contributed by atoms with van der Waals surface area (Å²) < 4.78 is 25.1. The molecule has 0 bridgehead atoms. The van der Waals surface area contributed by atoms with Gasteiger partial charge in [0.05, 0.1) is 8.95 Å². The fourth-order valence-corrected chi connectivity index (χ4v) is 2.35. The summed E-state index contributed by atoms with van der Waals surface area (Å²) in [6, 6.07) is 2.33. The van der Waals surface area contributed by atoms with E-state index in [1.165, 1.54) is 12.1 Å². The molecule has 0 unspecified atom stereocenters. The fraction of sp³-hybridized carbons (Fsp3) is 0.333. The molecule has 16 heavy (non-hydrogen) atoms. The second-order valence-corrected chi connectivity index (χ2v) is 4.78. The minimum Gasteiger partial charge on any atom is -0.506 e. The first-order valence-corrected chi connectivity index (χ1v) is 5.72. The van der Waals surface area contributed by atoms with Crippen LogP contribution in [-0.4, -0.2) is 11.5 Å². The van der Waals surface area contributed by atoms with E-state index in [0.717, 1.165) is 0 Å². The van der Waals surface area contributed by atoms with Gasteiger partial charge >= 0.3 is 0 Å². The predicted molar refractivity (Wildman–Crippen MR) is 68.3 cm³/mol. The van der Waals surface area contributed by atoms with Gasteiger partial charge in [0.1, 0.15) is 5.75 Å². The molecule has 0 aliphatic carbocycles. The van der Waals surface area contributed by atoms with Gasteiger partial charge in [0.25, 0.3) is 0 Å². The number of nitrogens with two attached hydrogens (primary N) is 1. The van der Waals surface area contributed by atoms with E-state index in [1.54, 1.807) is 0 Å². The van der Waals surface area contributed by atoms with Crippen molar-refractivity contribution in [3.63, 3.8) is 0 Å². The lowest BCUT2D eigenvalue weighted by atomic mass is 10.1. The maximum atomic E-state index is 12.1. The molecule has 0 aliphatic heterocycles. The molecular formula is C9H10Br2ClF2NO. The number of phenolic OH excluding ortho intramolecular Hbond substituents is 1. The van der Waals surface area contributed by atoms with Crippen LogP contribution in [0, 0.1) is 0 Å². The van der Waals surface area contributed by atoms with Crippen LogP contribution in [0.1, 0.15) is 18.0 Å². The highest BCUT2D eigenvalue weighted by Crippen LogP contribution is 2.35. The molecule has 7 heteroatoms. The van der Waals surface area contributed by atoms with E-state index in [0.29, 0.717) is 14.5 Å². The van der Waals surface area contributed by atoms with E-state index in [-0.39, 0.29) is 18.2 Å². The molecule has 0 saturated heterocycles. The summed E-state index contributed by atoms with van der Waals surface area (Å²) in [6.45, 7) is 0. The summed E-state index contributed by atoms with van der Waals surface area (Å²) >= 11 is 6.22. The first-order chi connectivity index (χ1) is 6.91. The molecule has 0 aliphatic rings. The average molecular weight is 381 g/mol. The number of halogens is 5. The Morgan fingerprint density at radius 1 is 1.25 bits per heavy atom. The SMILES string of the molecule is Cl.N[C@@H](CC(F)F)c1cc(Br)c(O)c(Br)c1. The van der Waals surface area contributed by atoms with Gasteiger partial charge in [0, 0.05) is 12.5 Å². The lowest BCUT2D eigenvalue weighted by Gasteiger charge is -2.13. The van der Waals surface area contributed by atoms with Crippen LogP contribution < -0.4 is 5.73 Å². The van der Waals surface area contributed by atoms with Crippen LogP contribution in [0.4, 0.5) is 8.78 Å². The van der Waals surface area contributed by atoms with Crippen LogP contribution in [0.5, 0.6) is 5.75 Å². The van der Waals surface area contributed by atoms with Crippen molar-refractivity contribution in [2.45, 2.75) is 18.9 Å². The summed E-state index contributed by atoms with van der Waals surface area (Å²) in [5.74, 6) is 0.0306.